The SMILES string of the molecule is C.CC.CC.CC.CC.CC.CC.CC.CC.CC.CC.[NH-]c1n[nH]c2cc(=O)n(-c3ccccc3)nc12.[NH-]c1n[nH]c2cc(=O)n(-c3ccccc3)nc12.[NH-]c1n[nH]c2cc(=O)n(Cc3ccccc3)nc12.[NH-]c1n[nH]c2cc(=O)n(Cc3ccccc3)nc12.[NH-]c1n[nH]c2cc(=O)n(Cc3ccccc3)nc12.[U+2].[U+2].[U+2].[U+2].[U+2].[c-]1ccccc1.[c-]1ccccc1.[c-]1ncccn1.[c-]1ncccn1.[c-]1ncnc2ccccc12. The van der Waals surface area contributed by atoms with Crippen LogP contribution in [0, 0.1) is 187 Å². The largest absolute Gasteiger partial charge is 2.00 e. The summed E-state index contributed by atoms with van der Waals surface area (Å²) < 4.78 is 6.54. The quantitative estimate of drug-likeness (QED) is 0.0882. The molecule has 0 aliphatic heterocycles. The summed E-state index contributed by atoms with van der Waals surface area (Å²) in [4.78, 5) is 81.2. The van der Waals surface area contributed by atoms with E-state index in [4.69, 9.17) is 28.7 Å². The van der Waals surface area contributed by atoms with E-state index in [1.54, 1.807) is 61.2 Å². The number of aromatic amines is 5. The maximum absolute atomic E-state index is 11.8. The van der Waals surface area contributed by atoms with E-state index < -0.39 is 0 Å². The van der Waals surface area contributed by atoms with E-state index in [0.717, 1.165) is 27.6 Å². The molecule has 0 fully saturated rings. The Bertz CT molecular complexity index is 6370. The van der Waals surface area contributed by atoms with Crippen molar-refractivity contribution in [2.24, 2.45) is 0 Å². The van der Waals surface area contributed by atoms with E-state index in [0.29, 0.717) is 86.2 Å². The molecule has 0 aliphatic carbocycles. The van der Waals surface area contributed by atoms with Crippen LogP contribution in [0.5, 0.6) is 0 Å². The molecule has 0 saturated carbocycles. The van der Waals surface area contributed by atoms with Gasteiger partial charge in [0.05, 0.1) is 58.6 Å². The van der Waals surface area contributed by atoms with Crippen molar-refractivity contribution in [1.82, 2.24) is 130 Å². The van der Waals surface area contributed by atoms with Crippen molar-refractivity contribution >= 4 is 95.2 Å². The fraction of sp³-hybridized carbons (Fsp3) is 0.224. The number of hydrogen-bond donors (Lipinski definition) is 5. The van der Waals surface area contributed by atoms with Gasteiger partial charge in [0.2, 0.25) is 0 Å². The molecule has 36 nitrogen and oxygen atoms in total. The fourth-order valence-electron chi connectivity index (χ4n) is 10.6. The van der Waals surface area contributed by atoms with E-state index >= 15 is 0 Å². The van der Waals surface area contributed by atoms with Crippen molar-refractivity contribution in [2.75, 3.05) is 0 Å². The number of para-hydroxylation sites is 3. The third-order valence-electron chi connectivity index (χ3n) is 16.4. The molecule has 0 atom stereocenters. The van der Waals surface area contributed by atoms with Gasteiger partial charge in [0.25, 0.3) is 27.8 Å². The van der Waals surface area contributed by atoms with Crippen molar-refractivity contribution in [3.8, 4) is 11.4 Å². The number of rotatable bonds is 8. The molecule has 0 saturated heterocycles. The first-order chi connectivity index (χ1) is 69.7. The first-order valence-corrected chi connectivity index (χ1v) is 46.5. The van der Waals surface area contributed by atoms with Crippen LogP contribution in [0.4, 0.5) is 29.1 Å². The average molecular weight is 3120 g/mol. The van der Waals surface area contributed by atoms with Crippen molar-refractivity contribution < 1.29 is 156 Å². The summed E-state index contributed by atoms with van der Waals surface area (Å²) in [6.07, 6.45) is 15.7. The zero-order valence-electron chi connectivity index (χ0n) is 86.5. The van der Waals surface area contributed by atoms with Crippen LogP contribution in [-0.2, 0) is 19.6 Å². The van der Waals surface area contributed by atoms with Crippen LogP contribution in [0.25, 0.3) is 106 Å². The number of hydrogen-bond acceptors (Lipinski definition) is 21. The van der Waals surface area contributed by atoms with E-state index in [2.05, 4.69) is 137 Å². The van der Waals surface area contributed by atoms with E-state index in [1.165, 1.54) is 60.1 Å². The Morgan fingerprint density at radius 1 is 0.270 bits per heavy atom. The minimum Gasteiger partial charge on any atom is -0.479 e. The first kappa shape index (κ1) is 144. The van der Waals surface area contributed by atoms with Crippen LogP contribution in [0.2, 0.25) is 0 Å². The van der Waals surface area contributed by atoms with Gasteiger partial charge in [0.1, 0.15) is 27.6 Å². The summed E-state index contributed by atoms with van der Waals surface area (Å²) in [5, 5.41) is 53.2. The molecule has 0 spiro atoms. The normalized spacial score (nSPS) is 8.84. The van der Waals surface area contributed by atoms with Crippen molar-refractivity contribution in [2.45, 2.75) is 166 Å². The molecule has 13 aromatic heterocycles. The van der Waals surface area contributed by atoms with Crippen LogP contribution in [0.1, 0.15) is 163 Å². The minimum atomic E-state index is -0.257. The molecule has 0 bridgehead atoms. The second-order valence-corrected chi connectivity index (χ2v) is 24.9. The zero-order valence-corrected chi connectivity index (χ0v) is 107. The first-order valence-electron chi connectivity index (χ1n) is 46.5. The third-order valence-corrected chi connectivity index (χ3v) is 16.4. The molecule has 21 aromatic rings. The predicted molar refractivity (Wildman–Crippen MR) is 581 cm³/mol. The number of nitrogens with zero attached hydrogens (tertiary/aromatic N) is 21. The van der Waals surface area contributed by atoms with Crippen LogP contribution >= 0.6 is 0 Å². The summed E-state index contributed by atoms with van der Waals surface area (Å²) in [5.41, 5.74) is 46.3. The van der Waals surface area contributed by atoms with Gasteiger partial charge in [-0.15, -0.1) is 29.7 Å². The van der Waals surface area contributed by atoms with Crippen molar-refractivity contribution in [1.29, 1.82) is 0 Å². The number of aromatic nitrogens is 26. The van der Waals surface area contributed by atoms with Gasteiger partial charge >= 0.3 is 156 Å². The van der Waals surface area contributed by atoms with Crippen molar-refractivity contribution in [3.05, 3.63) is 438 Å². The molecule has 10 N–H and O–H groups in total. The number of nitrogens with one attached hydrogen (secondary N) is 10. The predicted octanol–water partition coefficient (Wildman–Crippen LogP) is 25.0. The van der Waals surface area contributed by atoms with Gasteiger partial charge in [-0.1, -0.05) is 310 Å². The van der Waals surface area contributed by atoms with E-state index in [-0.39, 0.29) is 220 Å². The van der Waals surface area contributed by atoms with Gasteiger partial charge in [0.15, 0.2) is 0 Å². The Balaban J connectivity index is -0.000000509. The maximum Gasteiger partial charge on any atom is 2.00 e. The summed E-state index contributed by atoms with van der Waals surface area (Å²) in [7, 11) is 0. The summed E-state index contributed by atoms with van der Waals surface area (Å²) in [6.45, 7) is 41.2. The zero-order chi connectivity index (χ0) is 105. The molecule has 0 unspecified atom stereocenters. The third kappa shape index (κ3) is 50.8. The fourth-order valence-corrected chi connectivity index (χ4v) is 10.6. The molecule has 0 aliphatic rings. The molecule has 8 aromatic carbocycles. The van der Waals surface area contributed by atoms with Gasteiger partial charge in [-0.2, -0.15) is 108 Å². The second-order valence-electron chi connectivity index (χ2n) is 24.9. The van der Waals surface area contributed by atoms with Gasteiger partial charge in [-0.3, -0.25) is 24.0 Å². The summed E-state index contributed by atoms with van der Waals surface area (Å²) in [5.74, 6) is 0.208. The standard InChI is InChI=1S/3C12H11N5O.2C11H9N5O.C8H5N2.2C6H5.2C4H3N2.10C2H6.CH4.5U/c3*13-12-11-9(14-15-12)6-10(18)17(16-11)7-8-4-2-1-3-5-8;2*12-11-10-8(13-14-11)6-9(17)16(15-10)7-4-2-1-3-5-7;1-2-4-8-7(3-1)5-9-6-10-8;2*1-2-4-6-5-3-1;2*1-2-5-4-6-3-1;10*1-2;;;;;;/h3*1-6H,7H2,(H3,13,14,15,16,18);2*1-6H,(H3,12,13,14,15,17);1-4,6H;2*1-5H;2*1-3H;10*1-2H3;1H4;;;;;/q;;;;;5*-1;;;;;;;;;;;;5*+2/p-5. The molecular formula is C107H131N31O5U5. The van der Waals surface area contributed by atoms with Crippen LogP contribution < -0.4 is 27.8 Å². The number of fused-ring (bicyclic) bond motifs is 6. The number of benzene rings is 8. The van der Waals surface area contributed by atoms with Crippen LogP contribution in [-0.4, -0.2) is 130 Å². The minimum absolute atomic E-state index is 0. The Hall–Kier alpha value is -12.7. The topological polar surface area (TPSA) is 514 Å². The molecule has 0 radical (unpaired) electrons. The van der Waals surface area contributed by atoms with Gasteiger partial charge in [-0.25, -0.2) is 14.0 Å². The Morgan fingerprint density at radius 3 is 0.723 bits per heavy atom. The van der Waals surface area contributed by atoms with E-state index in [9.17, 15) is 24.0 Å². The molecule has 41 heteroatoms. The maximum atomic E-state index is 11.8. The van der Waals surface area contributed by atoms with Crippen LogP contribution in [0.15, 0.2) is 334 Å². The Morgan fingerprint density at radius 2 is 0.500 bits per heavy atom. The molecule has 13 heterocycles. The Kier molecular flexibility index (Phi) is 86.9. The van der Waals surface area contributed by atoms with E-state index in [1.807, 2.05) is 351 Å². The summed E-state index contributed by atoms with van der Waals surface area (Å²) in [6, 6.07) is 90.2. The number of H-pyrrole nitrogens is 5. The van der Waals surface area contributed by atoms with Crippen LogP contribution in [0.3, 0.4) is 0 Å². The average Bonchev–Trinajstić information content (AvgIpc) is 1.65. The second kappa shape index (κ2) is 89.5. The van der Waals surface area contributed by atoms with Gasteiger partial charge in [-0.05, 0) is 81.8 Å². The van der Waals surface area contributed by atoms with Gasteiger partial charge < -0.3 is 110 Å². The van der Waals surface area contributed by atoms with Crippen molar-refractivity contribution in [3.63, 3.8) is 0 Å². The molecule has 148 heavy (non-hydrogen) atoms. The molecular weight excluding hydrogens is 2990 g/mol. The summed E-state index contributed by atoms with van der Waals surface area (Å²) >= 11 is 0. The smallest absolute Gasteiger partial charge is 0.479 e. The molecule has 764 valence electrons. The Labute approximate surface area is 984 Å². The molecule has 0 amide bonds. The van der Waals surface area contributed by atoms with Gasteiger partial charge in [0, 0.05) is 49.3 Å². The molecule has 21 rings (SSSR count). The monoisotopic (exact) mass is 3120 g/mol.